The molecule has 2 atom stereocenters. The fraction of sp³-hybridized carbons (Fsp3) is 0.688. The van der Waals surface area contributed by atoms with Gasteiger partial charge in [0.2, 0.25) is 0 Å². The zero-order chi connectivity index (χ0) is 15.7. The summed E-state index contributed by atoms with van der Waals surface area (Å²) in [5.41, 5.74) is 1.37. The number of nitrogens with one attached hydrogen (secondary N) is 1. The maximum atomic E-state index is 12.5. The lowest BCUT2D eigenvalue weighted by Gasteiger charge is -2.56. The Balaban J connectivity index is 1.62. The molecule has 1 aromatic rings. The largest absolute Gasteiger partial charge is 0.394 e. The average Bonchev–Trinajstić information content (AvgIpc) is 2.96. The minimum Gasteiger partial charge on any atom is -0.394 e. The number of piperidine rings is 1. The standard InChI is InChI=1S/C16H24N2O4/c1-11-12(2-5-17-11)15(21)18-6-3-16(4-7-18)13(20)10-14(16)22-9-8-19/h2,5,13-14,17,19-20H,3-4,6-10H2,1H3. The van der Waals surface area contributed by atoms with E-state index >= 15 is 0 Å². The Labute approximate surface area is 130 Å². The lowest BCUT2D eigenvalue weighted by atomic mass is 9.58. The minimum absolute atomic E-state index is 0.0000520. The number of hydrogen-bond acceptors (Lipinski definition) is 4. The molecule has 6 nitrogen and oxygen atoms in total. The van der Waals surface area contributed by atoms with E-state index in [2.05, 4.69) is 4.98 Å². The van der Waals surface area contributed by atoms with Crippen LogP contribution in [0.15, 0.2) is 12.3 Å². The highest BCUT2D eigenvalue weighted by Gasteiger charge is 2.56. The van der Waals surface area contributed by atoms with Crippen molar-refractivity contribution in [2.24, 2.45) is 5.41 Å². The van der Waals surface area contributed by atoms with Gasteiger partial charge in [-0.05, 0) is 25.8 Å². The maximum absolute atomic E-state index is 12.5. The molecule has 2 unspecified atom stereocenters. The zero-order valence-electron chi connectivity index (χ0n) is 12.9. The van der Waals surface area contributed by atoms with E-state index in [1.54, 1.807) is 6.20 Å². The van der Waals surface area contributed by atoms with E-state index in [0.29, 0.717) is 26.1 Å². The first-order valence-electron chi connectivity index (χ1n) is 7.92. The van der Waals surface area contributed by atoms with E-state index in [1.807, 2.05) is 17.9 Å². The van der Waals surface area contributed by atoms with Crippen LogP contribution in [0.1, 0.15) is 35.3 Å². The van der Waals surface area contributed by atoms with Gasteiger partial charge >= 0.3 is 0 Å². The van der Waals surface area contributed by atoms with Crippen LogP contribution in [0.5, 0.6) is 0 Å². The summed E-state index contributed by atoms with van der Waals surface area (Å²) in [6, 6.07) is 1.81. The molecular weight excluding hydrogens is 284 g/mol. The van der Waals surface area contributed by atoms with Crippen LogP contribution in [0.2, 0.25) is 0 Å². The number of rotatable bonds is 4. The van der Waals surface area contributed by atoms with E-state index in [-0.39, 0.29) is 30.1 Å². The van der Waals surface area contributed by atoms with Crippen LogP contribution in [0.4, 0.5) is 0 Å². The molecule has 6 heteroatoms. The molecule has 0 radical (unpaired) electrons. The molecule has 2 aliphatic rings. The van der Waals surface area contributed by atoms with Crippen LogP contribution in [0, 0.1) is 12.3 Å². The van der Waals surface area contributed by atoms with Gasteiger partial charge in [0.15, 0.2) is 0 Å². The van der Waals surface area contributed by atoms with Crippen molar-refractivity contribution in [1.82, 2.24) is 9.88 Å². The molecule has 1 aliphatic carbocycles. The number of aromatic amines is 1. The van der Waals surface area contributed by atoms with Crippen LogP contribution < -0.4 is 0 Å². The summed E-state index contributed by atoms with van der Waals surface area (Å²) < 4.78 is 5.66. The highest BCUT2D eigenvalue weighted by molar-refractivity contribution is 5.95. The van der Waals surface area contributed by atoms with E-state index in [0.717, 1.165) is 24.1 Å². The number of hydrogen-bond donors (Lipinski definition) is 3. The van der Waals surface area contributed by atoms with Crippen molar-refractivity contribution in [2.75, 3.05) is 26.3 Å². The number of H-pyrrole nitrogens is 1. The Kier molecular flexibility index (Phi) is 4.25. The van der Waals surface area contributed by atoms with Gasteiger partial charge in [0, 0.05) is 36.8 Å². The van der Waals surface area contributed by atoms with Crippen LogP contribution in [0.3, 0.4) is 0 Å². The van der Waals surface area contributed by atoms with Crippen LogP contribution in [-0.4, -0.2) is 64.5 Å². The number of likely N-dealkylation sites (tertiary alicyclic amines) is 1. The van der Waals surface area contributed by atoms with E-state index in [1.165, 1.54) is 0 Å². The summed E-state index contributed by atoms with van der Waals surface area (Å²) in [4.78, 5) is 17.4. The fourth-order valence-corrected chi connectivity index (χ4v) is 3.79. The summed E-state index contributed by atoms with van der Waals surface area (Å²) in [7, 11) is 0. The van der Waals surface area contributed by atoms with Crippen molar-refractivity contribution in [2.45, 2.75) is 38.4 Å². The molecule has 1 aliphatic heterocycles. The number of carbonyl (C=O) groups is 1. The van der Waals surface area contributed by atoms with Gasteiger partial charge in [0.25, 0.3) is 5.91 Å². The van der Waals surface area contributed by atoms with Gasteiger partial charge < -0.3 is 24.8 Å². The maximum Gasteiger partial charge on any atom is 0.255 e. The molecule has 2 heterocycles. The third-order valence-electron chi connectivity index (χ3n) is 5.32. The molecule has 1 saturated heterocycles. The van der Waals surface area contributed by atoms with Crippen LogP contribution >= 0.6 is 0 Å². The molecule has 1 aromatic heterocycles. The number of aliphatic hydroxyl groups excluding tert-OH is 2. The monoisotopic (exact) mass is 308 g/mol. The van der Waals surface area contributed by atoms with Gasteiger partial charge in [-0.2, -0.15) is 0 Å². The number of carbonyl (C=O) groups excluding carboxylic acids is 1. The van der Waals surface area contributed by atoms with Crippen molar-refractivity contribution >= 4 is 5.91 Å². The quantitative estimate of drug-likeness (QED) is 0.764. The summed E-state index contributed by atoms with van der Waals surface area (Å²) in [5, 5.41) is 19.1. The average molecular weight is 308 g/mol. The fourth-order valence-electron chi connectivity index (χ4n) is 3.79. The number of nitrogens with zero attached hydrogens (tertiary/aromatic N) is 1. The van der Waals surface area contributed by atoms with Gasteiger partial charge in [-0.15, -0.1) is 0 Å². The minimum atomic E-state index is -0.359. The molecule has 1 spiro atoms. The number of aryl methyl sites for hydroxylation is 1. The Morgan fingerprint density at radius 3 is 2.77 bits per heavy atom. The Hall–Kier alpha value is -1.37. The van der Waals surface area contributed by atoms with Crippen molar-refractivity contribution in [1.29, 1.82) is 0 Å². The van der Waals surface area contributed by atoms with Crippen LogP contribution in [0.25, 0.3) is 0 Å². The molecular formula is C16H24N2O4. The first kappa shape index (κ1) is 15.5. The first-order valence-corrected chi connectivity index (χ1v) is 7.92. The smallest absolute Gasteiger partial charge is 0.255 e. The summed E-state index contributed by atoms with van der Waals surface area (Å²) in [6.45, 7) is 3.48. The first-order chi connectivity index (χ1) is 10.6. The Morgan fingerprint density at radius 2 is 2.23 bits per heavy atom. The second kappa shape index (κ2) is 6.02. The molecule has 2 fully saturated rings. The molecule has 3 rings (SSSR count). The van der Waals surface area contributed by atoms with Crippen molar-refractivity contribution < 1.29 is 19.7 Å². The van der Waals surface area contributed by atoms with Crippen molar-refractivity contribution in [3.63, 3.8) is 0 Å². The number of aliphatic hydroxyl groups is 2. The molecule has 1 saturated carbocycles. The Morgan fingerprint density at radius 1 is 1.50 bits per heavy atom. The van der Waals surface area contributed by atoms with Crippen molar-refractivity contribution in [3.8, 4) is 0 Å². The van der Waals surface area contributed by atoms with Gasteiger partial charge in [0.1, 0.15) is 0 Å². The molecule has 3 N–H and O–H groups in total. The second-order valence-electron chi connectivity index (χ2n) is 6.38. The topological polar surface area (TPSA) is 85.8 Å². The number of aromatic nitrogens is 1. The zero-order valence-corrected chi connectivity index (χ0v) is 12.9. The summed E-state index contributed by atoms with van der Waals surface area (Å²) in [5.74, 6) is 0.0511. The predicted molar refractivity (Wildman–Crippen MR) is 80.5 cm³/mol. The lowest BCUT2D eigenvalue weighted by molar-refractivity contribution is -0.211. The Bertz CT molecular complexity index is 534. The molecule has 22 heavy (non-hydrogen) atoms. The normalized spacial score (nSPS) is 27.0. The van der Waals surface area contributed by atoms with E-state index < -0.39 is 0 Å². The lowest BCUT2D eigenvalue weighted by Crippen LogP contribution is -2.62. The highest BCUT2D eigenvalue weighted by Crippen LogP contribution is 2.51. The highest BCUT2D eigenvalue weighted by atomic mass is 16.5. The van der Waals surface area contributed by atoms with E-state index in [9.17, 15) is 9.90 Å². The molecule has 0 bridgehead atoms. The third kappa shape index (κ3) is 2.45. The number of amides is 1. The van der Waals surface area contributed by atoms with Crippen molar-refractivity contribution in [3.05, 3.63) is 23.5 Å². The molecule has 122 valence electrons. The van der Waals surface area contributed by atoms with Crippen LogP contribution in [-0.2, 0) is 4.74 Å². The number of ether oxygens (including phenoxy) is 1. The summed E-state index contributed by atoms with van der Waals surface area (Å²) in [6.07, 6.45) is 3.55. The van der Waals surface area contributed by atoms with Gasteiger partial charge in [-0.25, -0.2) is 0 Å². The predicted octanol–water partition coefficient (Wildman–Crippen LogP) is 0.688. The van der Waals surface area contributed by atoms with Gasteiger partial charge in [-0.1, -0.05) is 0 Å². The van der Waals surface area contributed by atoms with Gasteiger partial charge in [0.05, 0.1) is 31.0 Å². The summed E-state index contributed by atoms with van der Waals surface area (Å²) >= 11 is 0. The third-order valence-corrected chi connectivity index (χ3v) is 5.32. The molecule has 0 aromatic carbocycles. The SMILES string of the molecule is Cc1[nH]ccc1C(=O)N1CCC2(CC1)C(O)CC2OCCO. The second-order valence-corrected chi connectivity index (χ2v) is 6.38. The molecule has 1 amide bonds. The van der Waals surface area contributed by atoms with Gasteiger partial charge in [-0.3, -0.25) is 4.79 Å². The van der Waals surface area contributed by atoms with E-state index in [4.69, 9.17) is 9.84 Å².